The highest BCUT2D eigenvalue weighted by atomic mass is 32.2. The lowest BCUT2D eigenvalue weighted by molar-refractivity contribution is -0.384. The second-order valence-corrected chi connectivity index (χ2v) is 7.93. The predicted octanol–water partition coefficient (Wildman–Crippen LogP) is 3.93. The largest absolute Gasteiger partial charge is 0.464 e. The average molecular weight is 401 g/mol. The topological polar surface area (TPSA) is 106 Å². The summed E-state index contributed by atoms with van der Waals surface area (Å²) in [6.07, 6.45) is 0. The first-order valence-electron chi connectivity index (χ1n) is 8.39. The molecule has 28 heavy (non-hydrogen) atoms. The van der Waals surface area contributed by atoms with Crippen LogP contribution in [0.5, 0.6) is 0 Å². The minimum Gasteiger partial charge on any atom is -0.464 e. The van der Waals surface area contributed by atoms with Crippen LogP contribution in [0.1, 0.15) is 11.5 Å². The van der Waals surface area contributed by atoms with Crippen LogP contribution in [-0.2, 0) is 16.6 Å². The molecule has 1 heterocycles. The van der Waals surface area contributed by atoms with E-state index >= 15 is 0 Å². The Kier molecular flexibility index (Phi) is 5.36. The zero-order valence-electron chi connectivity index (χ0n) is 15.3. The molecule has 0 saturated carbocycles. The molecule has 0 atom stereocenters. The molecule has 0 spiro atoms. The molecule has 2 aromatic carbocycles. The Morgan fingerprint density at radius 3 is 2.43 bits per heavy atom. The van der Waals surface area contributed by atoms with Gasteiger partial charge in [0.2, 0.25) is 0 Å². The standard InChI is InChI=1S/C19H19N3O5S/c1-14-8-9-16(27-14)13-21(2)18-11-10-17(12-19(18)22(23)24)28(25,26)20-15-6-4-3-5-7-15/h3-12,20H,13H2,1-2H3. The second kappa shape index (κ2) is 7.73. The SMILES string of the molecule is Cc1ccc(CN(C)c2ccc(S(=O)(=O)Nc3ccccc3)cc2[N+](=O)[O-])o1. The van der Waals surface area contributed by atoms with Gasteiger partial charge in [-0.2, -0.15) is 0 Å². The summed E-state index contributed by atoms with van der Waals surface area (Å²) in [4.78, 5) is 12.4. The molecule has 1 aromatic heterocycles. The number of nitro groups is 1. The number of hydrogen-bond acceptors (Lipinski definition) is 6. The van der Waals surface area contributed by atoms with Crippen molar-refractivity contribution in [1.29, 1.82) is 0 Å². The molecule has 8 nitrogen and oxygen atoms in total. The zero-order valence-corrected chi connectivity index (χ0v) is 16.1. The highest BCUT2D eigenvalue weighted by Crippen LogP contribution is 2.31. The maximum Gasteiger partial charge on any atom is 0.293 e. The summed E-state index contributed by atoms with van der Waals surface area (Å²) >= 11 is 0. The predicted molar refractivity (Wildman–Crippen MR) is 106 cm³/mol. The van der Waals surface area contributed by atoms with Crippen molar-refractivity contribution in [3.63, 3.8) is 0 Å². The highest BCUT2D eigenvalue weighted by Gasteiger charge is 2.23. The van der Waals surface area contributed by atoms with Crippen molar-refractivity contribution in [3.8, 4) is 0 Å². The lowest BCUT2D eigenvalue weighted by atomic mass is 10.2. The van der Waals surface area contributed by atoms with Gasteiger partial charge in [-0.15, -0.1) is 0 Å². The summed E-state index contributed by atoms with van der Waals surface area (Å²) in [7, 11) is -2.28. The third kappa shape index (κ3) is 4.32. The molecule has 146 valence electrons. The van der Waals surface area contributed by atoms with Gasteiger partial charge in [-0.05, 0) is 43.3 Å². The fourth-order valence-corrected chi connectivity index (χ4v) is 3.83. The van der Waals surface area contributed by atoms with E-state index in [0.29, 0.717) is 18.0 Å². The maximum atomic E-state index is 12.6. The van der Waals surface area contributed by atoms with Crippen molar-refractivity contribution in [2.45, 2.75) is 18.4 Å². The van der Waals surface area contributed by atoms with Gasteiger partial charge in [-0.1, -0.05) is 18.2 Å². The average Bonchev–Trinajstić information content (AvgIpc) is 3.06. The van der Waals surface area contributed by atoms with Gasteiger partial charge in [0.1, 0.15) is 17.2 Å². The number of nitrogens with zero attached hydrogens (tertiary/aromatic N) is 2. The number of rotatable bonds is 7. The molecular formula is C19H19N3O5S. The first-order chi connectivity index (χ1) is 13.3. The van der Waals surface area contributed by atoms with Crippen molar-refractivity contribution in [3.05, 3.63) is 82.3 Å². The van der Waals surface area contributed by atoms with Crippen molar-refractivity contribution < 1.29 is 17.8 Å². The Balaban J connectivity index is 1.91. The first kappa shape index (κ1) is 19.4. The van der Waals surface area contributed by atoms with Crippen LogP contribution in [0.3, 0.4) is 0 Å². The number of nitrogens with one attached hydrogen (secondary N) is 1. The molecule has 0 fully saturated rings. The van der Waals surface area contributed by atoms with Crippen LogP contribution in [0.2, 0.25) is 0 Å². The first-order valence-corrected chi connectivity index (χ1v) is 9.87. The Morgan fingerprint density at radius 1 is 1.11 bits per heavy atom. The smallest absolute Gasteiger partial charge is 0.293 e. The van der Waals surface area contributed by atoms with Crippen molar-refractivity contribution in [1.82, 2.24) is 0 Å². The van der Waals surface area contributed by atoms with Gasteiger partial charge in [0, 0.05) is 18.8 Å². The monoisotopic (exact) mass is 401 g/mol. The molecule has 3 rings (SSSR count). The summed E-state index contributed by atoms with van der Waals surface area (Å²) in [5, 5.41) is 11.6. The summed E-state index contributed by atoms with van der Waals surface area (Å²) in [5.74, 6) is 1.39. The van der Waals surface area contributed by atoms with Gasteiger partial charge in [0.05, 0.1) is 16.4 Å². The quantitative estimate of drug-likeness (QED) is 0.475. The van der Waals surface area contributed by atoms with Crippen LogP contribution in [0.4, 0.5) is 17.1 Å². The Morgan fingerprint density at radius 2 is 1.82 bits per heavy atom. The molecular weight excluding hydrogens is 382 g/mol. The molecule has 0 radical (unpaired) electrons. The minimum absolute atomic E-state index is 0.186. The molecule has 0 aliphatic rings. The summed E-state index contributed by atoms with van der Waals surface area (Å²) in [5.41, 5.74) is 0.360. The normalized spacial score (nSPS) is 11.2. The van der Waals surface area contributed by atoms with E-state index < -0.39 is 14.9 Å². The Bertz CT molecular complexity index is 1090. The maximum absolute atomic E-state index is 12.6. The fraction of sp³-hybridized carbons (Fsp3) is 0.158. The van der Waals surface area contributed by atoms with E-state index in [9.17, 15) is 18.5 Å². The third-order valence-corrected chi connectivity index (χ3v) is 5.46. The number of aryl methyl sites for hydroxylation is 1. The van der Waals surface area contributed by atoms with E-state index in [1.807, 2.05) is 13.0 Å². The van der Waals surface area contributed by atoms with Crippen LogP contribution in [0.15, 0.2) is 70.0 Å². The lowest BCUT2D eigenvalue weighted by Crippen LogP contribution is -2.18. The van der Waals surface area contributed by atoms with E-state index in [0.717, 1.165) is 11.8 Å². The molecule has 0 amide bonds. The second-order valence-electron chi connectivity index (χ2n) is 6.25. The number of sulfonamides is 1. The van der Waals surface area contributed by atoms with Crippen LogP contribution in [0.25, 0.3) is 0 Å². The van der Waals surface area contributed by atoms with Gasteiger partial charge < -0.3 is 9.32 Å². The van der Waals surface area contributed by atoms with Gasteiger partial charge in [0.15, 0.2) is 0 Å². The molecule has 0 aliphatic carbocycles. The van der Waals surface area contributed by atoms with Gasteiger partial charge in [-0.25, -0.2) is 8.42 Å². The van der Waals surface area contributed by atoms with Gasteiger partial charge >= 0.3 is 0 Å². The molecule has 0 unspecified atom stereocenters. The molecule has 0 saturated heterocycles. The number of benzene rings is 2. The molecule has 0 bridgehead atoms. The number of furan rings is 1. The third-order valence-electron chi connectivity index (χ3n) is 4.08. The Hall–Kier alpha value is -3.33. The number of anilines is 2. The lowest BCUT2D eigenvalue weighted by Gasteiger charge is -2.18. The highest BCUT2D eigenvalue weighted by molar-refractivity contribution is 7.92. The number of hydrogen-bond donors (Lipinski definition) is 1. The summed E-state index contributed by atoms with van der Waals surface area (Å²) in [6, 6.07) is 15.8. The van der Waals surface area contributed by atoms with E-state index in [1.54, 1.807) is 48.3 Å². The number of nitro benzene ring substituents is 1. The van der Waals surface area contributed by atoms with Gasteiger partial charge in [-0.3, -0.25) is 14.8 Å². The van der Waals surface area contributed by atoms with Crippen LogP contribution < -0.4 is 9.62 Å². The summed E-state index contributed by atoms with van der Waals surface area (Å²) < 4.78 is 33.1. The molecule has 9 heteroatoms. The molecule has 0 aliphatic heterocycles. The van der Waals surface area contributed by atoms with Gasteiger partial charge in [0.25, 0.3) is 15.7 Å². The minimum atomic E-state index is -3.96. The van der Waals surface area contributed by atoms with Crippen molar-refractivity contribution in [2.75, 3.05) is 16.7 Å². The van der Waals surface area contributed by atoms with E-state index in [2.05, 4.69) is 4.72 Å². The summed E-state index contributed by atoms with van der Waals surface area (Å²) in [6.45, 7) is 2.12. The van der Waals surface area contributed by atoms with E-state index in [1.165, 1.54) is 12.1 Å². The molecule has 3 aromatic rings. The van der Waals surface area contributed by atoms with Crippen molar-refractivity contribution in [2.24, 2.45) is 0 Å². The zero-order chi connectivity index (χ0) is 20.3. The van der Waals surface area contributed by atoms with E-state index in [4.69, 9.17) is 4.42 Å². The Labute approximate surface area is 162 Å². The van der Waals surface area contributed by atoms with E-state index in [-0.39, 0.29) is 16.3 Å². The van der Waals surface area contributed by atoms with Crippen molar-refractivity contribution >= 4 is 27.1 Å². The van der Waals surface area contributed by atoms with Crippen LogP contribution in [-0.4, -0.2) is 20.4 Å². The number of para-hydroxylation sites is 1. The van der Waals surface area contributed by atoms with Crippen LogP contribution >= 0.6 is 0 Å². The fourth-order valence-electron chi connectivity index (χ4n) is 2.75. The van der Waals surface area contributed by atoms with Crippen LogP contribution in [0, 0.1) is 17.0 Å². The molecule has 1 N–H and O–H groups in total.